The molecule has 26 heavy (non-hydrogen) atoms. The summed E-state index contributed by atoms with van der Waals surface area (Å²) in [6.07, 6.45) is 6.27. The maximum absolute atomic E-state index is 13.4. The Hall–Kier alpha value is -2.54. The van der Waals surface area contributed by atoms with Gasteiger partial charge in [0.25, 0.3) is 5.78 Å². The molecule has 0 amide bonds. The fourth-order valence-corrected chi connectivity index (χ4v) is 3.78. The zero-order valence-corrected chi connectivity index (χ0v) is 14.7. The van der Waals surface area contributed by atoms with E-state index in [1.165, 1.54) is 31.3 Å². The number of anilines is 1. The molecule has 4 rings (SSSR count). The van der Waals surface area contributed by atoms with Crippen molar-refractivity contribution in [1.29, 1.82) is 0 Å². The van der Waals surface area contributed by atoms with E-state index in [0.717, 1.165) is 29.9 Å². The van der Waals surface area contributed by atoms with E-state index in [9.17, 15) is 4.39 Å². The van der Waals surface area contributed by atoms with Crippen LogP contribution in [0, 0.1) is 11.7 Å². The molecular weight excluding hydrogens is 333 g/mol. The van der Waals surface area contributed by atoms with Crippen LogP contribution in [0.2, 0.25) is 0 Å². The number of halogens is 1. The molecular formula is C19H22FN5O. The van der Waals surface area contributed by atoms with Gasteiger partial charge in [-0.15, -0.1) is 0 Å². The summed E-state index contributed by atoms with van der Waals surface area (Å²) < 4.78 is 20.3. The quantitative estimate of drug-likeness (QED) is 0.729. The maximum Gasteiger partial charge on any atom is 0.254 e. The predicted octanol–water partition coefficient (Wildman–Crippen LogP) is 3.75. The Morgan fingerprint density at radius 3 is 2.77 bits per heavy atom. The molecule has 136 valence electrons. The second-order valence-corrected chi connectivity index (χ2v) is 6.76. The molecule has 0 radical (unpaired) electrons. The number of methoxy groups -OCH3 is 1. The average Bonchev–Trinajstić information content (AvgIpc) is 3.32. The normalized spacial score (nSPS) is 16.2. The molecule has 1 aliphatic carbocycles. The topological polar surface area (TPSA) is 64.3 Å². The summed E-state index contributed by atoms with van der Waals surface area (Å²) in [5.41, 5.74) is 1.87. The molecule has 1 N–H and O–H groups in total. The van der Waals surface area contributed by atoms with Gasteiger partial charge in [-0.2, -0.15) is 14.6 Å². The molecule has 0 aliphatic heterocycles. The fraction of sp³-hybridized carbons (Fsp3) is 0.421. The van der Waals surface area contributed by atoms with Crippen molar-refractivity contribution in [2.24, 2.45) is 5.92 Å². The molecule has 0 spiro atoms. The second-order valence-electron chi connectivity index (χ2n) is 6.76. The summed E-state index contributed by atoms with van der Waals surface area (Å²) in [5.74, 6) is 1.63. The van der Waals surface area contributed by atoms with Crippen LogP contribution in [-0.2, 0) is 11.3 Å². The minimum absolute atomic E-state index is 0.0864. The molecule has 1 aliphatic rings. The SMILES string of the molecule is COCc1cc(NC(c2ccc(F)cc2)C2CCCC2)n2ncnc2n1. The summed E-state index contributed by atoms with van der Waals surface area (Å²) in [6, 6.07) is 8.79. The van der Waals surface area contributed by atoms with Gasteiger partial charge in [0.15, 0.2) is 0 Å². The van der Waals surface area contributed by atoms with Gasteiger partial charge in [0.2, 0.25) is 0 Å². The van der Waals surface area contributed by atoms with E-state index in [-0.39, 0.29) is 11.9 Å². The van der Waals surface area contributed by atoms with Gasteiger partial charge in [-0.05, 0) is 36.5 Å². The van der Waals surface area contributed by atoms with E-state index < -0.39 is 0 Å². The highest BCUT2D eigenvalue weighted by atomic mass is 19.1. The monoisotopic (exact) mass is 355 g/mol. The molecule has 6 nitrogen and oxygen atoms in total. The van der Waals surface area contributed by atoms with Gasteiger partial charge in [-0.25, -0.2) is 9.37 Å². The first kappa shape index (κ1) is 16.9. The first-order valence-corrected chi connectivity index (χ1v) is 8.95. The van der Waals surface area contributed by atoms with Crippen molar-refractivity contribution in [3.8, 4) is 0 Å². The number of hydrogen-bond donors (Lipinski definition) is 1. The van der Waals surface area contributed by atoms with Crippen LogP contribution in [0.1, 0.15) is 43.0 Å². The molecule has 2 aromatic heterocycles. The molecule has 3 aromatic rings. The molecule has 1 unspecified atom stereocenters. The Kier molecular flexibility index (Phi) is 4.79. The summed E-state index contributed by atoms with van der Waals surface area (Å²) in [6.45, 7) is 0.405. The van der Waals surface area contributed by atoms with Crippen LogP contribution in [0.15, 0.2) is 36.7 Å². The van der Waals surface area contributed by atoms with Crippen LogP contribution < -0.4 is 5.32 Å². The van der Waals surface area contributed by atoms with Crippen molar-refractivity contribution in [3.05, 3.63) is 53.7 Å². The van der Waals surface area contributed by atoms with E-state index in [2.05, 4.69) is 20.4 Å². The third-order valence-electron chi connectivity index (χ3n) is 5.00. The predicted molar refractivity (Wildman–Crippen MR) is 96.2 cm³/mol. The highest BCUT2D eigenvalue weighted by Crippen LogP contribution is 2.38. The molecule has 1 fully saturated rings. The molecule has 0 saturated heterocycles. The first-order chi connectivity index (χ1) is 12.7. The minimum atomic E-state index is -0.219. The average molecular weight is 355 g/mol. The third-order valence-corrected chi connectivity index (χ3v) is 5.00. The number of rotatable bonds is 6. The Morgan fingerprint density at radius 2 is 2.04 bits per heavy atom. The number of nitrogens with zero attached hydrogens (tertiary/aromatic N) is 4. The lowest BCUT2D eigenvalue weighted by Gasteiger charge is -2.26. The largest absolute Gasteiger partial charge is 0.378 e. The standard InChI is InChI=1S/C19H22FN5O/c1-26-11-16-10-17(25-19(23-16)21-12-22-25)24-18(13-4-2-3-5-13)14-6-8-15(20)9-7-14/h6-10,12-13,18,24H,2-5,11H2,1H3. The van der Waals surface area contributed by atoms with Crippen molar-refractivity contribution in [3.63, 3.8) is 0 Å². The number of nitrogens with one attached hydrogen (secondary N) is 1. The molecule has 1 atom stereocenters. The van der Waals surface area contributed by atoms with E-state index >= 15 is 0 Å². The van der Waals surface area contributed by atoms with Crippen molar-refractivity contribution in [1.82, 2.24) is 19.6 Å². The Morgan fingerprint density at radius 1 is 1.27 bits per heavy atom. The molecule has 1 saturated carbocycles. The number of hydrogen-bond acceptors (Lipinski definition) is 5. The van der Waals surface area contributed by atoms with E-state index in [4.69, 9.17) is 4.74 Å². The summed E-state index contributed by atoms with van der Waals surface area (Å²) in [7, 11) is 1.64. The fourth-order valence-electron chi connectivity index (χ4n) is 3.78. The Balaban J connectivity index is 1.72. The van der Waals surface area contributed by atoms with Gasteiger partial charge < -0.3 is 10.1 Å². The molecule has 7 heteroatoms. The van der Waals surface area contributed by atoms with E-state index in [1.54, 1.807) is 11.6 Å². The zero-order chi connectivity index (χ0) is 17.9. The summed E-state index contributed by atoms with van der Waals surface area (Å²) in [4.78, 5) is 8.66. The smallest absolute Gasteiger partial charge is 0.254 e. The van der Waals surface area contributed by atoms with Gasteiger partial charge >= 0.3 is 0 Å². The summed E-state index contributed by atoms with van der Waals surface area (Å²) >= 11 is 0. The molecule has 0 bridgehead atoms. The lowest BCUT2D eigenvalue weighted by atomic mass is 9.91. The van der Waals surface area contributed by atoms with E-state index in [1.807, 2.05) is 18.2 Å². The maximum atomic E-state index is 13.4. The Bertz CT molecular complexity index is 873. The van der Waals surface area contributed by atoms with Gasteiger partial charge in [-0.3, -0.25) is 0 Å². The van der Waals surface area contributed by atoms with Crippen LogP contribution in [0.5, 0.6) is 0 Å². The van der Waals surface area contributed by atoms with Crippen molar-refractivity contribution in [2.75, 3.05) is 12.4 Å². The highest BCUT2D eigenvalue weighted by molar-refractivity contribution is 5.47. The first-order valence-electron chi connectivity index (χ1n) is 8.95. The van der Waals surface area contributed by atoms with Crippen molar-refractivity contribution in [2.45, 2.75) is 38.3 Å². The van der Waals surface area contributed by atoms with Crippen LogP contribution in [0.25, 0.3) is 5.78 Å². The molecule has 1 aromatic carbocycles. The van der Waals surface area contributed by atoms with Gasteiger partial charge in [0.05, 0.1) is 18.3 Å². The number of aromatic nitrogens is 4. The third kappa shape index (κ3) is 3.39. The Labute approximate surface area is 151 Å². The second kappa shape index (κ2) is 7.37. The molecule has 2 heterocycles. The summed E-state index contributed by atoms with van der Waals surface area (Å²) in [5, 5.41) is 7.91. The van der Waals surface area contributed by atoms with E-state index in [0.29, 0.717) is 18.3 Å². The highest BCUT2D eigenvalue weighted by Gasteiger charge is 2.27. The van der Waals surface area contributed by atoms with Crippen LogP contribution >= 0.6 is 0 Å². The number of ether oxygens (including phenoxy) is 1. The van der Waals surface area contributed by atoms with Crippen LogP contribution in [-0.4, -0.2) is 26.7 Å². The zero-order valence-electron chi connectivity index (χ0n) is 14.7. The number of benzene rings is 1. The van der Waals surface area contributed by atoms with Crippen LogP contribution in [0.4, 0.5) is 10.2 Å². The van der Waals surface area contributed by atoms with Gasteiger partial charge in [-0.1, -0.05) is 25.0 Å². The minimum Gasteiger partial charge on any atom is -0.378 e. The lowest BCUT2D eigenvalue weighted by molar-refractivity contribution is 0.181. The lowest BCUT2D eigenvalue weighted by Crippen LogP contribution is -2.21. The van der Waals surface area contributed by atoms with Crippen molar-refractivity contribution >= 4 is 11.6 Å². The van der Waals surface area contributed by atoms with Gasteiger partial charge in [0.1, 0.15) is 18.0 Å². The van der Waals surface area contributed by atoms with Crippen LogP contribution in [0.3, 0.4) is 0 Å². The number of fused-ring (bicyclic) bond motifs is 1. The van der Waals surface area contributed by atoms with Gasteiger partial charge in [0, 0.05) is 13.2 Å². The van der Waals surface area contributed by atoms with Crippen molar-refractivity contribution < 1.29 is 9.13 Å².